The summed E-state index contributed by atoms with van der Waals surface area (Å²) in [6.45, 7) is 4.24. The fraction of sp³-hybridized carbons (Fsp3) is 1.00. The van der Waals surface area contributed by atoms with E-state index in [4.69, 9.17) is 12.6 Å². The van der Waals surface area contributed by atoms with E-state index < -0.39 is 0 Å². The fourth-order valence-electron chi connectivity index (χ4n) is 1.53. The van der Waals surface area contributed by atoms with Gasteiger partial charge in [0.25, 0.3) is 0 Å². The standard InChI is InChI=1S/C8H16BNO/c1-4-8(2)5-6(10-3)7(9)11-8/h6-7,10H,4-5H2,1-3H3/t6?,7?,8-/m0/s1. The number of nitrogens with one attached hydrogen (secondary N) is 1. The Morgan fingerprint density at radius 2 is 2.36 bits per heavy atom. The van der Waals surface area contributed by atoms with Gasteiger partial charge < -0.3 is 10.1 Å². The summed E-state index contributed by atoms with van der Waals surface area (Å²) in [4.78, 5) is 0. The highest BCUT2D eigenvalue weighted by molar-refractivity contribution is 6.11. The normalized spacial score (nSPS) is 44.6. The van der Waals surface area contributed by atoms with E-state index in [1.54, 1.807) is 0 Å². The maximum Gasteiger partial charge on any atom is 0.111 e. The van der Waals surface area contributed by atoms with Crippen LogP contribution in [0.1, 0.15) is 26.7 Å². The molecule has 1 heterocycles. The first kappa shape index (κ1) is 9.08. The Hall–Kier alpha value is -0.0151. The van der Waals surface area contributed by atoms with Gasteiger partial charge in [-0.1, -0.05) is 6.92 Å². The molecule has 2 radical (unpaired) electrons. The van der Waals surface area contributed by atoms with Crippen LogP contribution < -0.4 is 5.32 Å². The van der Waals surface area contributed by atoms with Crippen molar-refractivity contribution in [3.05, 3.63) is 0 Å². The first-order chi connectivity index (χ1) is 5.11. The number of likely N-dealkylation sites (N-methyl/N-ethyl adjacent to an activating group) is 1. The van der Waals surface area contributed by atoms with Crippen molar-refractivity contribution in [2.24, 2.45) is 0 Å². The maximum atomic E-state index is 5.76. The van der Waals surface area contributed by atoms with Crippen LogP contribution in [0.25, 0.3) is 0 Å². The van der Waals surface area contributed by atoms with Gasteiger partial charge in [0.2, 0.25) is 0 Å². The van der Waals surface area contributed by atoms with Crippen LogP contribution in [0, 0.1) is 0 Å². The summed E-state index contributed by atoms with van der Waals surface area (Å²) >= 11 is 0. The quantitative estimate of drug-likeness (QED) is 0.588. The van der Waals surface area contributed by atoms with E-state index in [-0.39, 0.29) is 11.6 Å². The topological polar surface area (TPSA) is 21.3 Å². The average Bonchev–Trinajstić information content (AvgIpc) is 2.27. The lowest BCUT2D eigenvalue weighted by molar-refractivity contribution is -0.000634. The molecule has 1 N–H and O–H groups in total. The van der Waals surface area contributed by atoms with Crippen LogP contribution in [0.2, 0.25) is 0 Å². The van der Waals surface area contributed by atoms with Gasteiger partial charge in [0, 0.05) is 12.0 Å². The molecule has 3 heteroatoms. The van der Waals surface area contributed by atoms with Crippen molar-refractivity contribution in [1.82, 2.24) is 5.32 Å². The Balaban J connectivity index is 2.55. The minimum Gasteiger partial charge on any atom is -0.380 e. The zero-order valence-electron chi connectivity index (χ0n) is 7.55. The van der Waals surface area contributed by atoms with Gasteiger partial charge in [-0.25, -0.2) is 0 Å². The fourth-order valence-corrected chi connectivity index (χ4v) is 1.53. The van der Waals surface area contributed by atoms with Crippen molar-refractivity contribution in [3.63, 3.8) is 0 Å². The second kappa shape index (κ2) is 3.15. The van der Waals surface area contributed by atoms with Crippen molar-refractivity contribution < 1.29 is 4.74 Å². The van der Waals surface area contributed by atoms with Crippen LogP contribution in [0.4, 0.5) is 0 Å². The minimum atomic E-state index is -0.134. The molecule has 0 aliphatic carbocycles. The first-order valence-electron chi connectivity index (χ1n) is 4.22. The number of hydrogen-bond donors (Lipinski definition) is 1. The Morgan fingerprint density at radius 3 is 2.64 bits per heavy atom. The predicted molar refractivity (Wildman–Crippen MR) is 46.8 cm³/mol. The molecule has 0 saturated carbocycles. The highest BCUT2D eigenvalue weighted by Gasteiger charge is 2.38. The molecule has 0 aromatic rings. The van der Waals surface area contributed by atoms with Crippen molar-refractivity contribution in [2.75, 3.05) is 7.05 Å². The largest absolute Gasteiger partial charge is 0.380 e. The van der Waals surface area contributed by atoms with E-state index >= 15 is 0 Å². The molecule has 0 aromatic heterocycles. The number of rotatable bonds is 2. The van der Waals surface area contributed by atoms with Crippen LogP contribution in [0.3, 0.4) is 0 Å². The van der Waals surface area contributed by atoms with Crippen LogP contribution in [-0.2, 0) is 4.74 Å². The molecule has 2 nitrogen and oxygen atoms in total. The van der Waals surface area contributed by atoms with Gasteiger partial charge in [-0.05, 0) is 26.8 Å². The molecule has 0 bridgehead atoms. The first-order valence-corrected chi connectivity index (χ1v) is 4.22. The highest BCUT2D eigenvalue weighted by Crippen LogP contribution is 2.31. The smallest absolute Gasteiger partial charge is 0.111 e. The van der Waals surface area contributed by atoms with Gasteiger partial charge in [-0.2, -0.15) is 0 Å². The Kier molecular flexibility index (Phi) is 2.60. The molecule has 1 aliphatic heterocycles. The minimum absolute atomic E-state index is 0.00685. The predicted octanol–water partition coefficient (Wildman–Crippen LogP) is 0.658. The molecule has 1 saturated heterocycles. The summed E-state index contributed by atoms with van der Waals surface area (Å²) in [5, 5.41) is 3.15. The van der Waals surface area contributed by atoms with Gasteiger partial charge >= 0.3 is 0 Å². The van der Waals surface area contributed by atoms with Gasteiger partial charge in [-0.3, -0.25) is 0 Å². The molecule has 1 fully saturated rings. The molecular weight excluding hydrogens is 137 g/mol. The van der Waals surface area contributed by atoms with Crippen LogP contribution >= 0.6 is 0 Å². The number of ether oxygens (including phenoxy) is 1. The van der Waals surface area contributed by atoms with Crippen LogP contribution in [-0.4, -0.2) is 32.5 Å². The van der Waals surface area contributed by atoms with Gasteiger partial charge in [-0.15, -0.1) is 0 Å². The van der Waals surface area contributed by atoms with E-state index in [2.05, 4.69) is 19.2 Å². The van der Waals surface area contributed by atoms with Crippen LogP contribution in [0.5, 0.6) is 0 Å². The zero-order valence-corrected chi connectivity index (χ0v) is 7.55. The van der Waals surface area contributed by atoms with E-state index in [1.165, 1.54) is 0 Å². The second-order valence-corrected chi connectivity index (χ2v) is 3.49. The maximum absolute atomic E-state index is 5.76. The third kappa shape index (κ3) is 1.77. The zero-order chi connectivity index (χ0) is 8.48. The molecule has 11 heavy (non-hydrogen) atoms. The molecule has 0 aromatic carbocycles. The van der Waals surface area contributed by atoms with E-state index in [9.17, 15) is 0 Å². The molecule has 1 rings (SSSR count). The van der Waals surface area contributed by atoms with Crippen molar-refractivity contribution >= 4 is 7.85 Å². The summed E-state index contributed by atoms with van der Waals surface area (Å²) in [6.07, 6.45) is 2.04. The average molecular weight is 153 g/mol. The summed E-state index contributed by atoms with van der Waals surface area (Å²) < 4.78 is 5.62. The third-order valence-electron chi connectivity index (χ3n) is 2.59. The number of hydrogen-bond acceptors (Lipinski definition) is 2. The molecule has 62 valence electrons. The van der Waals surface area contributed by atoms with Crippen molar-refractivity contribution in [2.45, 2.75) is 44.3 Å². The lowest BCUT2D eigenvalue weighted by Crippen LogP contribution is -2.33. The van der Waals surface area contributed by atoms with Gasteiger partial charge in [0.15, 0.2) is 0 Å². The molecule has 3 atom stereocenters. The lowest BCUT2D eigenvalue weighted by Gasteiger charge is -2.21. The van der Waals surface area contributed by atoms with Gasteiger partial charge in [0.1, 0.15) is 7.85 Å². The second-order valence-electron chi connectivity index (χ2n) is 3.49. The molecular formula is C8H16BNO. The summed E-state index contributed by atoms with van der Waals surface area (Å²) in [6, 6.07) is 0.185. The summed E-state index contributed by atoms with van der Waals surface area (Å²) in [7, 11) is 7.68. The lowest BCUT2D eigenvalue weighted by atomic mass is 9.89. The van der Waals surface area contributed by atoms with E-state index in [1.807, 2.05) is 7.05 Å². The summed E-state index contributed by atoms with van der Waals surface area (Å²) in [5.41, 5.74) is -0.00685. The Morgan fingerprint density at radius 1 is 1.73 bits per heavy atom. The third-order valence-corrected chi connectivity index (χ3v) is 2.59. The highest BCUT2D eigenvalue weighted by atomic mass is 16.5. The molecule has 1 aliphatic rings. The van der Waals surface area contributed by atoms with Crippen molar-refractivity contribution in [3.8, 4) is 0 Å². The summed E-state index contributed by atoms with van der Waals surface area (Å²) in [5.74, 6) is 0. The Bertz CT molecular complexity index is 142. The Labute approximate surface area is 70.1 Å². The van der Waals surface area contributed by atoms with Crippen molar-refractivity contribution in [1.29, 1.82) is 0 Å². The molecule has 2 unspecified atom stereocenters. The molecule has 0 amide bonds. The SMILES string of the molecule is [B]C1O[C@@](C)(CC)CC1NC. The van der Waals surface area contributed by atoms with E-state index in [0.717, 1.165) is 12.8 Å². The van der Waals surface area contributed by atoms with E-state index in [0.29, 0.717) is 6.04 Å². The van der Waals surface area contributed by atoms with Gasteiger partial charge in [0.05, 0.1) is 5.60 Å². The monoisotopic (exact) mass is 153 g/mol. The van der Waals surface area contributed by atoms with Crippen LogP contribution in [0.15, 0.2) is 0 Å². The molecule has 0 spiro atoms.